The van der Waals surface area contributed by atoms with Gasteiger partial charge in [0.15, 0.2) is 0 Å². The van der Waals surface area contributed by atoms with Crippen molar-refractivity contribution in [2.45, 2.75) is 18.9 Å². The first-order chi connectivity index (χ1) is 7.76. The zero-order chi connectivity index (χ0) is 11.5. The van der Waals surface area contributed by atoms with Gasteiger partial charge in [-0.3, -0.25) is 0 Å². The minimum atomic E-state index is 0.163. The molecule has 1 N–H and O–H groups in total. The molecule has 0 bridgehead atoms. The Hall–Kier alpha value is -1.14. The van der Waals surface area contributed by atoms with Crippen LogP contribution >= 0.6 is 0 Å². The van der Waals surface area contributed by atoms with Crippen LogP contribution in [-0.4, -0.2) is 50.0 Å². The maximum atomic E-state index is 5.41. The average molecular weight is 226 g/mol. The second-order valence-electron chi connectivity index (χ2n) is 3.99. The van der Waals surface area contributed by atoms with Gasteiger partial charge in [0.2, 0.25) is 5.89 Å². The number of likely N-dealkylation sites (N-methyl/N-ethyl adjacent to an activating group) is 1. The zero-order valence-electron chi connectivity index (χ0n) is 9.93. The van der Waals surface area contributed by atoms with E-state index in [9.17, 15) is 0 Å². The molecule has 1 aromatic heterocycles. The summed E-state index contributed by atoms with van der Waals surface area (Å²) < 4.78 is 10.7. The molecule has 0 spiro atoms. The van der Waals surface area contributed by atoms with Crippen LogP contribution < -0.4 is 10.2 Å². The van der Waals surface area contributed by atoms with Gasteiger partial charge in [-0.15, -0.1) is 0 Å². The molecule has 1 saturated heterocycles. The topological polar surface area (TPSA) is 63.4 Å². The minimum Gasteiger partial charge on any atom is -0.379 e. The van der Waals surface area contributed by atoms with Gasteiger partial charge in [0, 0.05) is 19.6 Å². The molecule has 6 nitrogen and oxygen atoms in total. The van der Waals surface area contributed by atoms with Crippen molar-refractivity contribution in [2.75, 3.05) is 38.8 Å². The maximum absolute atomic E-state index is 5.41. The third kappa shape index (κ3) is 2.03. The number of nitrogens with one attached hydrogen (secondary N) is 1. The standard InChI is InChI=1S/C10H18N4O2/c1-4-14(3)10-12-9(16-13-10)7-5-15-6-8(7)11-2/h7-8,11H,4-6H2,1-3H3. The normalized spacial score (nSPS) is 24.9. The molecule has 1 aromatic rings. The van der Waals surface area contributed by atoms with Crippen molar-refractivity contribution < 1.29 is 9.26 Å². The Morgan fingerprint density at radius 1 is 1.50 bits per heavy atom. The fourth-order valence-corrected chi connectivity index (χ4v) is 1.76. The lowest BCUT2D eigenvalue weighted by molar-refractivity contribution is 0.185. The number of ether oxygens (including phenoxy) is 1. The van der Waals surface area contributed by atoms with Crippen LogP contribution in [0, 0.1) is 0 Å². The minimum absolute atomic E-state index is 0.163. The summed E-state index contributed by atoms with van der Waals surface area (Å²) >= 11 is 0. The van der Waals surface area contributed by atoms with E-state index in [4.69, 9.17) is 9.26 Å². The Bertz CT molecular complexity index is 341. The molecule has 90 valence electrons. The monoisotopic (exact) mass is 226 g/mol. The third-order valence-corrected chi connectivity index (χ3v) is 3.02. The van der Waals surface area contributed by atoms with Crippen LogP contribution in [0.15, 0.2) is 4.52 Å². The maximum Gasteiger partial charge on any atom is 0.265 e. The van der Waals surface area contributed by atoms with Crippen molar-refractivity contribution in [2.24, 2.45) is 0 Å². The molecule has 16 heavy (non-hydrogen) atoms. The Balaban J connectivity index is 2.12. The van der Waals surface area contributed by atoms with Crippen LogP contribution in [0.1, 0.15) is 18.7 Å². The first-order valence-electron chi connectivity index (χ1n) is 5.56. The summed E-state index contributed by atoms with van der Waals surface area (Å²) in [5.41, 5.74) is 0. The fourth-order valence-electron chi connectivity index (χ4n) is 1.76. The molecule has 6 heteroatoms. The lowest BCUT2D eigenvalue weighted by Crippen LogP contribution is -2.31. The number of aromatic nitrogens is 2. The van der Waals surface area contributed by atoms with Crippen LogP contribution in [0.4, 0.5) is 5.95 Å². The Morgan fingerprint density at radius 2 is 2.31 bits per heavy atom. The van der Waals surface area contributed by atoms with Crippen LogP contribution in [0.25, 0.3) is 0 Å². The molecule has 2 unspecified atom stereocenters. The number of hydrogen-bond acceptors (Lipinski definition) is 6. The number of hydrogen-bond donors (Lipinski definition) is 1. The first kappa shape index (κ1) is 11.3. The van der Waals surface area contributed by atoms with Gasteiger partial charge in [-0.05, 0) is 19.1 Å². The fraction of sp³-hybridized carbons (Fsp3) is 0.800. The van der Waals surface area contributed by atoms with Crippen molar-refractivity contribution in [3.8, 4) is 0 Å². The van der Waals surface area contributed by atoms with Crippen molar-refractivity contribution in [1.29, 1.82) is 0 Å². The summed E-state index contributed by atoms with van der Waals surface area (Å²) in [5, 5.41) is 7.16. The highest BCUT2D eigenvalue weighted by Gasteiger charge is 2.33. The van der Waals surface area contributed by atoms with E-state index in [1.54, 1.807) is 0 Å². The van der Waals surface area contributed by atoms with Gasteiger partial charge in [-0.2, -0.15) is 4.98 Å². The molecule has 0 radical (unpaired) electrons. The van der Waals surface area contributed by atoms with Crippen LogP contribution in [0.2, 0.25) is 0 Å². The van der Waals surface area contributed by atoms with E-state index >= 15 is 0 Å². The number of anilines is 1. The molecule has 0 saturated carbocycles. The average Bonchev–Trinajstić information content (AvgIpc) is 2.95. The van der Waals surface area contributed by atoms with E-state index in [0.717, 1.165) is 6.54 Å². The predicted molar refractivity (Wildman–Crippen MR) is 59.6 cm³/mol. The number of nitrogens with zero attached hydrogens (tertiary/aromatic N) is 3. The van der Waals surface area contributed by atoms with Crippen molar-refractivity contribution in [3.63, 3.8) is 0 Å². The second-order valence-corrected chi connectivity index (χ2v) is 3.99. The van der Waals surface area contributed by atoms with Gasteiger partial charge in [-0.25, -0.2) is 0 Å². The van der Waals surface area contributed by atoms with E-state index in [0.29, 0.717) is 25.1 Å². The lowest BCUT2D eigenvalue weighted by atomic mass is 10.0. The van der Waals surface area contributed by atoms with E-state index in [2.05, 4.69) is 15.5 Å². The molecule has 2 heterocycles. The predicted octanol–water partition coefficient (Wildman–Crippen LogP) is 0.227. The van der Waals surface area contributed by atoms with Crippen LogP contribution in [-0.2, 0) is 4.74 Å². The number of rotatable bonds is 4. The van der Waals surface area contributed by atoms with Gasteiger partial charge in [0.1, 0.15) is 0 Å². The van der Waals surface area contributed by atoms with E-state index in [1.807, 2.05) is 25.9 Å². The molecule has 1 aliphatic heterocycles. The molecule has 0 aliphatic carbocycles. The molecule has 0 amide bonds. The quantitative estimate of drug-likeness (QED) is 0.792. The highest BCUT2D eigenvalue weighted by molar-refractivity contribution is 5.26. The largest absolute Gasteiger partial charge is 0.379 e. The zero-order valence-corrected chi connectivity index (χ0v) is 9.93. The summed E-state index contributed by atoms with van der Waals surface area (Å²) in [4.78, 5) is 6.33. The summed E-state index contributed by atoms with van der Waals surface area (Å²) in [6.07, 6.45) is 0. The summed E-state index contributed by atoms with van der Waals surface area (Å²) in [6.45, 7) is 4.24. The van der Waals surface area contributed by atoms with Crippen LogP contribution in [0.3, 0.4) is 0 Å². The molecular weight excluding hydrogens is 208 g/mol. The Morgan fingerprint density at radius 3 is 3.00 bits per heavy atom. The van der Waals surface area contributed by atoms with Gasteiger partial charge >= 0.3 is 0 Å². The highest BCUT2D eigenvalue weighted by atomic mass is 16.5. The SMILES string of the molecule is CCN(C)c1noc(C2COCC2NC)n1. The Labute approximate surface area is 95.0 Å². The third-order valence-electron chi connectivity index (χ3n) is 3.02. The lowest BCUT2D eigenvalue weighted by Gasteiger charge is -2.12. The highest BCUT2D eigenvalue weighted by Crippen LogP contribution is 2.25. The van der Waals surface area contributed by atoms with Crippen molar-refractivity contribution in [1.82, 2.24) is 15.5 Å². The van der Waals surface area contributed by atoms with Crippen molar-refractivity contribution in [3.05, 3.63) is 5.89 Å². The van der Waals surface area contributed by atoms with Gasteiger partial charge in [-0.1, -0.05) is 0 Å². The first-order valence-corrected chi connectivity index (χ1v) is 5.56. The molecule has 1 fully saturated rings. The molecular formula is C10H18N4O2. The van der Waals surface area contributed by atoms with E-state index < -0.39 is 0 Å². The second kappa shape index (κ2) is 4.80. The van der Waals surface area contributed by atoms with Gasteiger partial charge in [0.05, 0.1) is 19.1 Å². The molecule has 1 aliphatic rings. The molecule has 2 rings (SSSR count). The van der Waals surface area contributed by atoms with E-state index in [-0.39, 0.29) is 12.0 Å². The van der Waals surface area contributed by atoms with Crippen molar-refractivity contribution >= 4 is 5.95 Å². The van der Waals surface area contributed by atoms with Gasteiger partial charge in [0.25, 0.3) is 5.95 Å². The summed E-state index contributed by atoms with van der Waals surface area (Å²) in [7, 11) is 3.86. The Kier molecular flexibility index (Phi) is 3.40. The van der Waals surface area contributed by atoms with Crippen LogP contribution in [0.5, 0.6) is 0 Å². The smallest absolute Gasteiger partial charge is 0.265 e. The van der Waals surface area contributed by atoms with E-state index in [1.165, 1.54) is 0 Å². The summed E-state index contributed by atoms with van der Waals surface area (Å²) in [5.74, 6) is 1.46. The van der Waals surface area contributed by atoms with Gasteiger partial charge < -0.3 is 19.5 Å². The molecule has 2 atom stereocenters. The molecule has 0 aromatic carbocycles. The summed E-state index contributed by atoms with van der Waals surface area (Å²) in [6, 6.07) is 0.264.